The molecule has 0 spiro atoms. The molecule has 0 atom stereocenters. The molecule has 0 aliphatic rings. The zero-order valence-electron chi connectivity index (χ0n) is 14.1. The van der Waals surface area contributed by atoms with Crippen LogP contribution in [0, 0.1) is 0 Å². The van der Waals surface area contributed by atoms with Crippen molar-refractivity contribution in [3.05, 3.63) is 42.7 Å². The number of hydrogen-bond acceptors (Lipinski definition) is 6. The van der Waals surface area contributed by atoms with Gasteiger partial charge in [0.25, 0.3) is 0 Å². The van der Waals surface area contributed by atoms with E-state index < -0.39 is 0 Å². The molecule has 124 valence electrons. The van der Waals surface area contributed by atoms with Crippen molar-refractivity contribution in [2.24, 2.45) is 0 Å². The lowest BCUT2D eigenvalue weighted by Gasteiger charge is -2.22. The smallest absolute Gasteiger partial charge is 0.229 e. The Kier molecular flexibility index (Phi) is 5.15. The molecule has 6 heteroatoms. The quantitative estimate of drug-likeness (QED) is 0.714. The number of hydrogen-bond donors (Lipinski definition) is 1. The van der Waals surface area contributed by atoms with Gasteiger partial charge in [0.05, 0.1) is 0 Å². The van der Waals surface area contributed by atoms with Crippen molar-refractivity contribution in [3.8, 4) is 0 Å². The number of rotatable bonds is 7. The monoisotopic (exact) mass is 322 g/mol. The van der Waals surface area contributed by atoms with E-state index in [0.29, 0.717) is 22.9 Å². The van der Waals surface area contributed by atoms with E-state index in [1.54, 1.807) is 12.4 Å². The number of anilines is 3. The third-order valence-electron chi connectivity index (χ3n) is 3.63. The van der Waals surface area contributed by atoms with Gasteiger partial charge in [0.1, 0.15) is 0 Å². The highest BCUT2D eigenvalue weighted by Crippen LogP contribution is 2.23. The Morgan fingerprint density at radius 1 is 0.917 bits per heavy atom. The fraction of sp³-hybridized carbons (Fsp3) is 0.333. The van der Waals surface area contributed by atoms with E-state index in [0.717, 1.165) is 31.6 Å². The van der Waals surface area contributed by atoms with Gasteiger partial charge >= 0.3 is 0 Å². The minimum atomic E-state index is 0.609. The Labute approximate surface area is 142 Å². The molecule has 0 bridgehead atoms. The maximum Gasteiger partial charge on any atom is 0.229 e. The summed E-state index contributed by atoms with van der Waals surface area (Å²) >= 11 is 0. The summed E-state index contributed by atoms with van der Waals surface area (Å²) in [6.45, 7) is 6.16. The Hall–Kier alpha value is -2.76. The molecule has 2 aromatic heterocycles. The molecule has 6 nitrogen and oxygen atoms in total. The van der Waals surface area contributed by atoms with Gasteiger partial charge in [-0.05, 0) is 25.0 Å². The Morgan fingerprint density at radius 3 is 2.33 bits per heavy atom. The Balaban J connectivity index is 2.05. The Bertz CT molecular complexity index is 784. The minimum Gasteiger partial charge on any atom is -0.341 e. The van der Waals surface area contributed by atoms with Gasteiger partial charge < -0.3 is 10.2 Å². The first-order valence-electron chi connectivity index (χ1n) is 8.37. The second-order valence-electron chi connectivity index (χ2n) is 5.58. The molecule has 3 rings (SSSR count). The fourth-order valence-corrected chi connectivity index (χ4v) is 2.59. The van der Waals surface area contributed by atoms with Crippen LogP contribution in [0.15, 0.2) is 42.7 Å². The molecule has 0 radical (unpaired) electrons. The van der Waals surface area contributed by atoms with Gasteiger partial charge in [-0.15, -0.1) is 0 Å². The highest BCUT2D eigenvalue weighted by molar-refractivity contribution is 5.85. The van der Waals surface area contributed by atoms with Crippen LogP contribution in [0.25, 0.3) is 11.2 Å². The summed E-state index contributed by atoms with van der Waals surface area (Å²) in [5.74, 6) is 1.39. The van der Waals surface area contributed by atoms with Crippen molar-refractivity contribution in [2.75, 3.05) is 23.3 Å². The van der Waals surface area contributed by atoms with Gasteiger partial charge in [-0.2, -0.15) is 9.97 Å². The third-order valence-corrected chi connectivity index (χ3v) is 3.63. The summed E-state index contributed by atoms with van der Waals surface area (Å²) < 4.78 is 0. The van der Waals surface area contributed by atoms with E-state index in [1.165, 1.54) is 0 Å². The summed E-state index contributed by atoms with van der Waals surface area (Å²) in [5, 5.41) is 3.35. The topological polar surface area (TPSA) is 66.8 Å². The van der Waals surface area contributed by atoms with Gasteiger partial charge in [-0.25, -0.2) is 9.97 Å². The number of benzene rings is 1. The second kappa shape index (κ2) is 7.68. The average Bonchev–Trinajstić information content (AvgIpc) is 2.62. The number of nitrogens with one attached hydrogen (secondary N) is 1. The van der Waals surface area contributed by atoms with Gasteiger partial charge in [0, 0.05) is 31.2 Å². The SMILES string of the molecule is CCCN(CCC)c1nc(Nc2ccccc2)c2nccnc2n1. The van der Waals surface area contributed by atoms with Gasteiger partial charge in [-0.1, -0.05) is 32.0 Å². The highest BCUT2D eigenvalue weighted by Gasteiger charge is 2.14. The Morgan fingerprint density at radius 2 is 1.62 bits per heavy atom. The third kappa shape index (κ3) is 3.59. The summed E-state index contributed by atoms with van der Waals surface area (Å²) in [7, 11) is 0. The van der Waals surface area contributed by atoms with E-state index in [9.17, 15) is 0 Å². The van der Waals surface area contributed by atoms with Gasteiger partial charge in [0.2, 0.25) is 5.95 Å². The van der Waals surface area contributed by atoms with E-state index in [2.05, 4.69) is 39.0 Å². The van der Waals surface area contributed by atoms with Crippen molar-refractivity contribution in [1.29, 1.82) is 0 Å². The van der Waals surface area contributed by atoms with Crippen molar-refractivity contribution in [1.82, 2.24) is 19.9 Å². The standard InChI is InChI=1S/C18H22N6/c1-3-12-24(13-4-2)18-22-16-15(19-10-11-20-16)17(23-18)21-14-8-6-5-7-9-14/h5-11H,3-4,12-13H2,1-2H3,(H,20,21,22,23). The van der Waals surface area contributed by atoms with Crippen LogP contribution in [0.4, 0.5) is 17.5 Å². The molecular weight excluding hydrogens is 300 g/mol. The molecule has 0 aliphatic heterocycles. The van der Waals surface area contributed by atoms with Crippen LogP contribution in [0.5, 0.6) is 0 Å². The predicted octanol–water partition coefficient (Wildman–Crippen LogP) is 3.79. The van der Waals surface area contributed by atoms with Gasteiger partial charge in [-0.3, -0.25) is 0 Å². The maximum absolute atomic E-state index is 4.73. The van der Waals surface area contributed by atoms with Crippen molar-refractivity contribution in [3.63, 3.8) is 0 Å². The number of nitrogens with zero attached hydrogens (tertiary/aromatic N) is 5. The minimum absolute atomic E-state index is 0.609. The number of aromatic nitrogens is 4. The first-order chi connectivity index (χ1) is 11.8. The normalized spacial score (nSPS) is 10.8. The zero-order valence-corrected chi connectivity index (χ0v) is 14.1. The molecule has 0 aliphatic carbocycles. The van der Waals surface area contributed by atoms with Crippen LogP contribution in [0.2, 0.25) is 0 Å². The molecular formula is C18H22N6. The summed E-state index contributed by atoms with van der Waals surface area (Å²) in [4.78, 5) is 20.3. The van der Waals surface area contributed by atoms with Crippen molar-refractivity contribution in [2.45, 2.75) is 26.7 Å². The van der Waals surface area contributed by atoms with Crippen molar-refractivity contribution < 1.29 is 0 Å². The maximum atomic E-state index is 4.73. The van der Waals surface area contributed by atoms with E-state index >= 15 is 0 Å². The summed E-state index contributed by atoms with van der Waals surface area (Å²) in [5.41, 5.74) is 2.25. The highest BCUT2D eigenvalue weighted by atomic mass is 15.3. The van der Waals surface area contributed by atoms with E-state index in [4.69, 9.17) is 4.98 Å². The predicted molar refractivity (Wildman–Crippen MR) is 97.6 cm³/mol. The van der Waals surface area contributed by atoms with Crippen LogP contribution in [-0.2, 0) is 0 Å². The fourth-order valence-electron chi connectivity index (χ4n) is 2.59. The zero-order chi connectivity index (χ0) is 16.8. The first-order valence-corrected chi connectivity index (χ1v) is 8.37. The van der Waals surface area contributed by atoms with Crippen LogP contribution in [0.3, 0.4) is 0 Å². The molecule has 1 N–H and O–H groups in total. The largest absolute Gasteiger partial charge is 0.341 e. The molecule has 24 heavy (non-hydrogen) atoms. The van der Waals surface area contributed by atoms with E-state index in [-0.39, 0.29) is 0 Å². The molecule has 2 heterocycles. The number of para-hydroxylation sites is 1. The molecule has 0 saturated carbocycles. The van der Waals surface area contributed by atoms with E-state index in [1.807, 2.05) is 30.3 Å². The second-order valence-corrected chi connectivity index (χ2v) is 5.58. The van der Waals surface area contributed by atoms with Crippen LogP contribution in [-0.4, -0.2) is 33.0 Å². The van der Waals surface area contributed by atoms with Crippen LogP contribution >= 0.6 is 0 Å². The molecule has 0 amide bonds. The van der Waals surface area contributed by atoms with Crippen LogP contribution < -0.4 is 10.2 Å². The molecule has 0 unspecified atom stereocenters. The molecule has 0 fully saturated rings. The average molecular weight is 322 g/mol. The summed E-state index contributed by atoms with van der Waals surface area (Å²) in [6.07, 6.45) is 5.42. The lowest BCUT2D eigenvalue weighted by Crippen LogP contribution is -2.27. The summed E-state index contributed by atoms with van der Waals surface area (Å²) in [6, 6.07) is 9.95. The lowest BCUT2D eigenvalue weighted by molar-refractivity contribution is 0.723. The lowest BCUT2D eigenvalue weighted by atomic mass is 10.3. The molecule has 3 aromatic rings. The first kappa shape index (κ1) is 16.1. The van der Waals surface area contributed by atoms with Crippen molar-refractivity contribution >= 4 is 28.6 Å². The molecule has 1 aromatic carbocycles. The molecule has 0 saturated heterocycles. The van der Waals surface area contributed by atoms with Crippen LogP contribution in [0.1, 0.15) is 26.7 Å². The number of fused-ring (bicyclic) bond motifs is 1. The van der Waals surface area contributed by atoms with Gasteiger partial charge in [0.15, 0.2) is 17.0 Å².